The van der Waals surface area contributed by atoms with Gasteiger partial charge in [-0.2, -0.15) is 0 Å². The van der Waals surface area contributed by atoms with Crippen molar-refractivity contribution in [3.63, 3.8) is 0 Å². The second kappa shape index (κ2) is 9.75. The van der Waals surface area contributed by atoms with Crippen LogP contribution in [0, 0.1) is 17.6 Å². The Morgan fingerprint density at radius 1 is 1.15 bits per heavy atom. The molecule has 0 aliphatic carbocycles. The lowest BCUT2D eigenvalue weighted by Crippen LogP contribution is -2.36. The predicted molar refractivity (Wildman–Crippen MR) is 99.2 cm³/mol. The van der Waals surface area contributed by atoms with Gasteiger partial charge in [0.1, 0.15) is 11.6 Å². The lowest BCUT2D eigenvalue weighted by molar-refractivity contribution is -0.119. The highest BCUT2D eigenvalue weighted by atomic mass is 79.9. The molecule has 2 aromatic carbocycles. The molecule has 4 N–H and O–H groups in total. The molecule has 2 unspecified atom stereocenters. The summed E-state index contributed by atoms with van der Waals surface area (Å²) in [4.78, 5) is 11.3. The van der Waals surface area contributed by atoms with Crippen LogP contribution in [-0.4, -0.2) is 23.7 Å². The van der Waals surface area contributed by atoms with Crippen LogP contribution in [0.3, 0.4) is 0 Å². The van der Waals surface area contributed by atoms with E-state index < -0.39 is 29.6 Å². The third-order valence-corrected chi connectivity index (χ3v) is 4.49. The average molecular weight is 427 g/mol. The molecule has 0 saturated heterocycles. The molecular formula is C19H21BrF2N2O2. The minimum absolute atomic E-state index is 0.0716. The lowest BCUT2D eigenvalue weighted by atomic mass is 9.90. The summed E-state index contributed by atoms with van der Waals surface area (Å²) < 4.78 is 27.7. The normalized spacial score (nSPS) is 13.4. The highest BCUT2D eigenvalue weighted by Crippen LogP contribution is 2.19. The SMILES string of the molecule is NC(=O)CC(Cc1cc(F)cc(F)c1)C(O)CNCc1cccc(Br)c1. The van der Waals surface area contributed by atoms with Crippen LogP contribution in [0.15, 0.2) is 46.9 Å². The molecule has 0 aliphatic heterocycles. The van der Waals surface area contributed by atoms with E-state index in [-0.39, 0.29) is 19.4 Å². The number of carbonyl (C=O) groups excluding carboxylic acids is 1. The monoisotopic (exact) mass is 426 g/mol. The van der Waals surface area contributed by atoms with E-state index in [4.69, 9.17) is 5.73 Å². The topological polar surface area (TPSA) is 75.4 Å². The first-order valence-corrected chi connectivity index (χ1v) is 8.99. The molecule has 2 aromatic rings. The first-order chi connectivity index (χ1) is 12.3. The largest absolute Gasteiger partial charge is 0.391 e. The number of carbonyl (C=O) groups is 1. The van der Waals surface area contributed by atoms with E-state index in [0.29, 0.717) is 12.1 Å². The van der Waals surface area contributed by atoms with E-state index in [1.165, 1.54) is 12.1 Å². The van der Waals surface area contributed by atoms with Gasteiger partial charge >= 0.3 is 0 Å². The van der Waals surface area contributed by atoms with E-state index in [2.05, 4.69) is 21.2 Å². The Morgan fingerprint density at radius 3 is 2.46 bits per heavy atom. The minimum atomic E-state index is -0.888. The van der Waals surface area contributed by atoms with E-state index >= 15 is 0 Å². The van der Waals surface area contributed by atoms with Gasteiger partial charge in [-0.05, 0) is 47.7 Å². The summed E-state index contributed by atoms with van der Waals surface area (Å²) in [7, 11) is 0. The maximum absolute atomic E-state index is 13.4. The molecule has 2 atom stereocenters. The zero-order chi connectivity index (χ0) is 19.1. The second-order valence-electron chi connectivity index (χ2n) is 6.24. The fraction of sp³-hybridized carbons (Fsp3) is 0.316. The highest BCUT2D eigenvalue weighted by Gasteiger charge is 2.22. The Morgan fingerprint density at radius 2 is 1.85 bits per heavy atom. The van der Waals surface area contributed by atoms with Crippen molar-refractivity contribution >= 4 is 21.8 Å². The minimum Gasteiger partial charge on any atom is -0.391 e. The molecule has 1 amide bonds. The number of rotatable bonds is 9. The Balaban J connectivity index is 1.97. The number of hydrogen-bond donors (Lipinski definition) is 3. The van der Waals surface area contributed by atoms with Gasteiger partial charge in [0.05, 0.1) is 6.10 Å². The van der Waals surface area contributed by atoms with Gasteiger partial charge in [0.2, 0.25) is 5.91 Å². The van der Waals surface area contributed by atoms with Crippen LogP contribution in [0.5, 0.6) is 0 Å². The van der Waals surface area contributed by atoms with Crippen molar-refractivity contribution in [2.45, 2.75) is 25.5 Å². The molecule has 0 saturated carbocycles. The molecule has 0 spiro atoms. The van der Waals surface area contributed by atoms with Gasteiger partial charge in [-0.25, -0.2) is 8.78 Å². The van der Waals surface area contributed by atoms with Crippen molar-refractivity contribution in [1.82, 2.24) is 5.32 Å². The van der Waals surface area contributed by atoms with Crippen LogP contribution in [0.25, 0.3) is 0 Å². The molecule has 26 heavy (non-hydrogen) atoms. The summed E-state index contributed by atoms with van der Waals surface area (Å²) in [6, 6.07) is 10.9. The Labute approximate surface area is 159 Å². The molecule has 0 fully saturated rings. The second-order valence-corrected chi connectivity index (χ2v) is 7.16. The Hall–Kier alpha value is -1.83. The van der Waals surface area contributed by atoms with Crippen molar-refractivity contribution in [2.75, 3.05) is 6.54 Å². The van der Waals surface area contributed by atoms with Crippen LogP contribution < -0.4 is 11.1 Å². The van der Waals surface area contributed by atoms with E-state index in [1.54, 1.807) is 0 Å². The fourth-order valence-electron chi connectivity index (χ4n) is 2.81. The quantitative estimate of drug-likeness (QED) is 0.576. The number of nitrogens with one attached hydrogen (secondary N) is 1. The summed E-state index contributed by atoms with van der Waals surface area (Å²) >= 11 is 3.39. The number of amides is 1. The van der Waals surface area contributed by atoms with Crippen LogP contribution in [-0.2, 0) is 17.8 Å². The molecule has 0 aliphatic rings. The van der Waals surface area contributed by atoms with E-state index in [1.807, 2.05) is 24.3 Å². The third kappa shape index (κ3) is 6.82. The molecular weight excluding hydrogens is 406 g/mol. The smallest absolute Gasteiger partial charge is 0.217 e. The van der Waals surface area contributed by atoms with Gasteiger partial charge < -0.3 is 16.2 Å². The number of aliphatic hydroxyl groups excluding tert-OH is 1. The number of nitrogens with two attached hydrogens (primary N) is 1. The summed E-state index contributed by atoms with van der Waals surface area (Å²) in [6.07, 6.45) is -0.809. The Bertz CT molecular complexity index is 738. The van der Waals surface area contributed by atoms with Gasteiger partial charge in [-0.15, -0.1) is 0 Å². The van der Waals surface area contributed by atoms with Gasteiger partial charge in [-0.1, -0.05) is 28.1 Å². The van der Waals surface area contributed by atoms with Gasteiger partial charge in [0, 0.05) is 30.0 Å². The van der Waals surface area contributed by atoms with Crippen molar-refractivity contribution in [3.8, 4) is 0 Å². The molecule has 4 nitrogen and oxygen atoms in total. The number of aliphatic hydroxyl groups is 1. The standard InChI is InChI=1S/C19H21BrF2N2O2/c20-15-3-1-2-12(5-15)10-24-11-18(25)14(8-19(23)26)4-13-6-16(21)9-17(22)7-13/h1-3,5-7,9,14,18,24-25H,4,8,10-11H2,(H2,23,26). The highest BCUT2D eigenvalue weighted by molar-refractivity contribution is 9.10. The predicted octanol–water partition coefficient (Wildman–Crippen LogP) is 2.91. The number of benzene rings is 2. The summed E-state index contributed by atoms with van der Waals surface area (Å²) in [6.45, 7) is 0.761. The molecule has 0 radical (unpaired) electrons. The maximum atomic E-state index is 13.4. The zero-order valence-corrected chi connectivity index (χ0v) is 15.7. The molecule has 2 rings (SSSR count). The van der Waals surface area contributed by atoms with E-state index in [9.17, 15) is 18.7 Å². The van der Waals surface area contributed by atoms with Crippen molar-refractivity contribution < 1.29 is 18.7 Å². The van der Waals surface area contributed by atoms with Crippen molar-refractivity contribution in [3.05, 3.63) is 69.7 Å². The number of primary amides is 1. The van der Waals surface area contributed by atoms with Crippen LogP contribution >= 0.6 is 15.9 Å². The molecule has 7 heteroatoms. The van der Waals surface area contributed by atoms with Crippen molar-refractivity contribution in [2.24, 2.45) is 11.7 Å². The van der Waals surface area contributed by atoms with E-state index in [0.717, 1.165) is 16.1 Å². The zero-order valence-electron chi connectivity index (χ0n) is 14.1. The van der Waals surface area contributed by atoms with Gasteiger partial charge in [0.25, 0.3) is 0 Å². The third-order valence-electron chi connectivity index (χ3n) is 4.00. The maximum Gasteiger partial charge on any atom is 0.217 e. The molecule has 0 bridgehead atoms. The summed E-state index contributed by atoms with van der Waals surface area (Å²) in [5, 5.41) is 13.5. The summed E-state index contributed by atoms with van der Waals surface area (Å²) in [5.41, 5.74) is 6.66. The first kappa shape index (κ1) is 20.5. The number of halogens is 3. The van der Waals surface area contributed by atoms with Gasteiger partial charge in [0.15, 0.2) is 0 Å². The number of hydrogen-bond acceptors (Lipinski definition) is 3. The lowest BCUT2D eigenvalue weighted by Gasteiger charge is -2.22. The van der Waals surface area contributed by atoms with Crippen LogP contribution in [0.2, 0.25) is 0 Å². The molecule has 0 heterocycles. The van der Waals surface area contributed by atoms with Gasteiger partial charge in [-0.3, -0.25) is 4.79 Å². The Kier molecular flexibility index (Phi) is 7.68. The average Bonchev–Trinajstić information content (AvgIpc) is 2.53. The molecule has 0 aromatic heterocycles. The summed E-state index contributed by atoms with van der Waals surface area (Å²) in [5.74, 6) is -2.50. The van der Waals surface area contributed by atoms with Crippen LogP contribution in [0.4, 0.5) is 8.78 Å². The van der Waals surface area contributed by atoms with Crippen molar-refractivity contribution in [1.29, 1.82) is 0 Å². The fourth-order valence-corrected chi connectivity index (χ4v) is 3.26. The first-order valence-electron chi connectivity index (χ1n) is 8.20. The van der Waals surface area contributed by atoms with Crippen LogP contribution in [0.1, 0.15) is 17.5 Å². The molecule has 140 valence electrons.